The lowest BCUT2D eigenvalue weighted by Crippen LogP contribution is -2.45. The Balaban J connectivity index is 2.89. The number of rotatable bonds is 4. The summed E-state index contributed by atoms with van der Waals surface area (Å²) in [5, 5.41) is 19.9. The lowest BCUT2D eigenvalue weighted by atomic mass is 9.64. The van der Waals surface area contributed by atoms with Gasteiger partial charge in [0.15, 0.2) is 0 Å². The van der Waals surface area contributed by atoms with Crippen molar-refractivity contribution in [1.29, 1.82) is 0 Å². The van der Waals surface area contributed by atoms with Crippen molar-refractivity contribution in [3.05, 3.63) is 0 Å². The Hall–Kier alpha value is -0.570. The van der Waals surface area contributed by atoms with E-state index >= 15 is 0 Å². The molecule has 0 aromatic rings. The molecule has 1 rings (SSSR count). The molecule has 0 amide bonds. The molecule has 0 heterocycles. The van der Waals surface area contributed by atoms with E-state index in [9.17, 15) is 15.0 Å². The summed E-state index contributed by atoms with van der Waals surface area (Å²) < 4.78 is 0. The summed E-state index contributed by atoms with van der Waals surface area (Å²) in [7, 11) is 0. The Kier molecular flexibility index (Phi) is 4.23. The van der Waals surface area contributed by atoms with Gasteiger partial charge in [-0.05, 0) is 38.0 Å². The summed E-state index contributed by atoms with van der Waals surface area (Å²) in [6.45, 7) is 7.77. The molecule has 0 radical (unpaired) electrons. The molecule has 0 aromatic heterocycles. The van der Waals surface area contributed by atoms with Crippen LogP contribution in [0.5, 0.6) is 0 Å². The van der Waals surface area contributed by atoms with Gasteiger partial charge in [-0.1, -0.05) is 33.6 Å². The summed E-state index contributed by atoms with van der Waals surface area (Å²) in [6.07, 6.45) is 3.85. The Morgan fingerprint density at radius 1 is 1.53 bits per heavy atom. The molecule has 1 saturated carbocycles. The number of carboxylic acids is 1. The van der Waals surface area contributed by atoms with Crippen LogP contribution in [0.3, 0.4) is 0 Å². The third-order valence-electron chi connectivity index (χ3n) is 4.49. The first kappa shape index (κ1) is 14.5. The van der Waals surface area contributed by atoms with Gasteiger partial charge in [0.1, 0.15) is 0 Å². The topological polar surface area (TPSA) is 57.5 Å². The van der Waals surface area contributed by atoms with E-state index in [-0.39, 0.29) is 5.92 Å². The fourth-order valence-electron chi connectivity index (χ4n) is 2.98. The zero-order valence-electron chi connectivity index (χ0n) is 11.5. The lowest BCUT2D eigenvalue weighted by Gasteiger charge is -2.42. The zero-order chi connectivity index (χ0) is 13.3. The zero-order valence-corrected chi connectivity index (χ0v) is 11.5. The summed E-state index contributed by atoms with van der Waals surface area (Å²) >= 11 is 0. The molecule has 17 heavy (non-hydrogen) atoms. The van der Waals surface area contributed by atoms with Crippen molar-refractivity contribution < 1.29 is 15.0 Å². The average molecular weight is 242 g/mol. The maximum absolute atomic E-state index is 11.6. The van der Waals surface area contributed by atoms with E-state index in [0.29, 0.717) is 25.2 Å². The minimum atomic E-state index is -0.893. The van der Waals surface area contributed by atoms with Crippen molar-refractivity contribution in [3.8, 4) is 0 Å². The van der Waals surface area contributed by atoms with Gasteiger partial charge in [0.2, 0.25) is 0 Å². The minimum absolute atomic E-state index is 0.0796. The number of carboxylic acid groups (broad SMARTS) is 1. The van der Waals surface area contributed by atoms with Gasteiger partial charge in [0.25, 0.3) is 0 Å². The van der Waals surface area contributed by atoms with Crippen molar-refractivity contribution in [2.75, 3.05) is 0 Å². The van der Waals surface area contributed by atoms with Crippen molar-refractivity contribution >= 4 is 5.97 Å². The number of aliphatic hydroxyl groups is 1. The highest BCUT2D eigenvalue weighted by Gasteiger charge is 2.46. The third-order valence-corrected chi connectivity index (χ3v) is 4.49. The van der Waals surface area contributed by atoms with Gasteiger partial charge in [-0.15, -0.1) is 0 Å². The van der Waals surface area contributed by atoms with Crippen LogP contribution in [-0.2, 0) is 4.79 Å². The molecule has 0 bridgehead atoms. The first-order valence-electron chi connectivity index (χ1n) is 6.65. The van der Waals surface area contributed by atoms with E-state index in [4.69, 9.17) is 0 Å². The van der Waals surface area contributed by atoms with Crippen LogP contribution in [0.1, 0.15) is 59.8 Å². The molecule has 0 aromatic carbocycles. The number of aliphatic carboxylic acids is 1. The minimum Gasteiger partial charge on any atom is -0.481 e. The maximum atomic E-state index is 11.6. The van der Waals surface area contributed by atoms with E-state index in [1.54, 1.807) is 6.92 Å². The second-order valence-electron chi connectivity index (χ2n) is 6.48. The molecular formula is C14H26O3. The summed E-state index contributed by atoms with van der Waals surface area (Å²) in [5.41, 5.74) is -1.61. The number of hydrogen-bond donors (Lipinski definition) is 2. The molecule has 1 aliphatic carbocycles. The van der Waals surface area contributed by atoms with Crippen LogP contribution in [-0.4, -0.2) is 21.8 Å². The van der Waals surface area contributed by atoms with Gasteiger partial charge in [-0.2, -0.15) is 0 Å². The van der Waals surface area contributed by atoms with Gasteiger partial charge in [-0.25, -0.2) is 0 Å². The van der Waals surface area contributed by atoms with Crippen molar-refractivity contribution in [3.63, 3.8) is 0 Å². The quantitative estimate of drug-likeness (QED) is 0.796. The molecule has 3 nitrogen and oxygen atoms in total. The van der Waals surface area contributed by atoms with Crippen LogP contribution in [0, 0.1) is 17.3 Å². The van der Waals surface area contributed by atoms with Crippen LogP contribution < -0.4 is 0 Å². The lowest BCUT2D eigenvalue weighted by molar-refractivity contribution is -0.158. The van der Waals surface area contributed by atoms with Crippen LogP contribution in [0.4, 0.5) is 0 Å². The molecule has 3 unspecified atom stereocenters. The molecule has 2 N–H and O–H groups in total. The first-order valence-corrected chi connectivity index (χ1v) is 6.65. The fourth-order valence-corrected chi connectivity index (χ4v) is 2.98. The number of hydrogen-bond acceptors (Lipinski definition) is 2. The molecule has 100 valence electrons. The molecule has 3 heteroatoms. The van der Waals surface area contributed by atoms with Gasteiger partial charge in [0, 0.05) is 0 Å². The van der Waals surface area contributed by atoms with Crippen molar-refractivity contribution in [1.82, 2.24) is 0 Å². The van der Waals surface area contributed by atoms with E-state index < -0.39 is 17.0 Å². The normalized spacial score (nSPS) is 33.4. The Morgan fingerprint density at radius 2 is 2.12 bits per heavy atom. The third kappa shape index (κ3) is 3.21. The first-order chi connectivity index (χ1) is 7.69. The molecule has 3 atom stereocenters. The van der Waals surface area contributed by atoms with Crippen molar-refractivity contribution in [2.45, 2.75) is 65.4 Å². The molecule has 0 aliphatic heterocycles. The Labute approximate surface area is 104 Å². The summed E-state index contributed by atoms with van der Waals surface area (Å²) in [6, 6.07) is 0. The SMILES string of the molecule is CC1CCCC(CC(C)(O)C(C)C)(C(=O)O)C1. The van der Waals surface area contributed by atoms with Crippen LogP contribution >= 0.6 is 0 Å². The number of carbonyl (C=O) groups is 1. The summed E-state index contributed by atoms with van der Waals surface area (Å²) in [4.78, 5) is 11.6. The van der Waals surface area contributed by atoms with E-state index in [2.05, 4.69) is 6.92 Å². The smallest absolute Gasteiger partial charge is 0.309 e. The van der Waals surface area contributed by atoms with E-state index in [1.165, 1.54) is 0 Å². The van der Waals surface area contributed by atoms with Gasteiger partial charge in [-0.3, -0.25) is 4.79 Å². The summed E-state index contributed by atoms with van der Waals surface area (Å²) in [5.74, 6) is -0.205. The van der Waals surface area contributed by atoms with Crippen LogP contribution in [0.25, 0.3) is 0 Å². The van der Waals surface area contributed by atoms with Crippen LogP contribution in [0.2, 0.25) is 0 Å². The Morgan fingerprint density at radius 3 is 2.53 bits per heavy atom. The highest BCUT2D eigenvalue weighted by Crippen LogP contribution is 2.46. The fraction of sp³-hybridized carbons (Fsp3) is 0.929. The van der Waals surface area contributed by atoms with E-state index in [0.717, 1.165) is 12.8 Å². The highest BCUT2D eigenvalue weighted by atomic mass is 16.4. The molecule has 1 aliphatic rings. The van der Waals surface area contributed by atoms with Gasteiger partial charge in [0.05, 0.1) is 11.0 Å². The second-order valence-corrected chi connectivity index (χ2v) is 6.48. The van der Waals surface area contributed by atoms with Gasteiger partial charge >= 0.3 is 5.97 Å². The predicted molar refractivity (Wildman–Crippen MR) is 67.8 cm³/mol. The van der Waals surface area contributed by atoms with Crippen molar-refractivity contribution in [2.24, 2.45) is 17.3 Å². The maximum Gasteiger partial charge on any atom is 0.309 e. The predicted octanol–water partition coefficient (Wildman–Crippen LogP) is 3.06. The van der Waals surface area contributed by atoms with E-state index in [1.807, 2.05) is 13.8 Å². The largest absolute Gasteiger partial charge is 0.481 e. The average Bonchev–Trinajstić information content (AvgIpc) is 2.16. The monoisotopic (exact) mass is 242 g/mol. The molecule has 0 spiro atoms. The molecule has 0 saturated heterocycles. The van der Waals surface area contributed by atoms with Gasteiger partial charge < -0.3 is 10.2 Å². The Bertz CT molecular complexity index is 283. The molecule has 1 fully saturated rings. The highest BCUT2D eigenvalue weighted by molar-refractivity contribution is 5.75. The second kappa shape index (κ2) is 4.97. The van der Waals surface area contributed by atoms with Crippen LogP contribution in [0.15, 0.2) is 0 Å². The molecular weight excluding hydrogens is 216 g/mol. The standard InChI is InChI=1S/C14H26O3/c1-10(2)13(4,17)9-14(12(15)16)7-5-6-11(3)8-14/h10-11,17H,5-9H2,1-4H3,(H,15,16).